The molecule has 1 aliphatic heterocycles. The number of guanidine groups is 1. The Bertz CT molecular complexity index is 947. The van der Waals surface area contributed by atoms with Crippen LogP contribution in [0.3, 0.4) is 0 Å². The molecule has 1 aromatic carbocycles. The number of hydrogen-bond acceptors (Lipinski definition) is 5. The van der Waals surface area contributed by atoms with Crippen molar-refractivity contribution in [2.45, 2.75) is 38.4 Å². The highest BCUT2D eigenvalue weighted by atomic mass is 127. The average Bonchev–Trinajstić information content (AvgIpc) is 3.20. The van der Waals surface area contributed by atoms with Gasteiger partial charge in [0, 0.05) is 43.9 Å². The highest BCUT2D eigenvalue weighted by Gasteiger charge is 2.25. The third-order valence-electron chi connectivity index (χ3n) is 5.45. The number of thiophene rings is 1. The predicted octanol–water partition coefficient (Wildman–Crippen LogP) is 3.45. The van der Waals surface area contributed by atoms with Crippen LogP contribution in [-0.4, -0.2) is 57.5 Å². The third kappa shape index (κ3) is 8.03. The van der Waals surface area contributed by atoms with Crippen molar-refractivity contribution in [3.8, 4) is 0 Å². The lowest BCUT2D eigenvalue weighted by Gasteiger charge is -2.35. The van der Waals surface area contributed by atoms with E-state index in [2.05, 4.69) is 56.2 Å². The van der Waals surface area contributed by atoms with E-state index in [1.165, 1.54) is 22.3 Å². The van der Waals surface area contributed by atoms with Gasteiger partial charge in [-0.2, -0.15) is 0 Å². The summed E-state index contributed by atoms with van der Waals surface area (Å²) in [6.45, 7) is 4.69. The Morgan fingerprint density at radius 2 is 2.00 bits per heavy atom. The van der Waals surface area contributed by atoms with Crippen molar-refractivity contribution in [3.05, 3.63) is 57.8 Å². The Balaban J connectivity index is 0.00000341. The standard InChI is InChI=1S/C22H32N4O2S2.HI/c1-17(11-14-30(3,27)28)25-22(23-2)24-15-20(18-7-5-4-6-8-18)26-12-9-21-19(16-26)10-13-29-21;/h4-8,10,13,17,20H,9,11-12,14-16H2,1-3H3,(H2,23,24,25);1H. The van der Waals surface area contributed by atoms with Crippen LogP contribution in [0.4, 0.5) is 0 Å². The Labute approximate surface area is 207 Å². The number of fused-ring (bicyclic) bond motifs is 1. The molecule has 6 nitrogen and oxygen atoms in total. The van der Waals surface area contributed by atoms with Crippen LogP contribution in [0.2, 0.25) is 0 Å². The summed E-state index contributed by atoms with van der Waals surface area (Å²) < 4.78 is 22.9. The highest BCUT2D eigenvalue weighted by molar-refractivity contribution is 14.0. The third-order valence-corrected chi connectivity index (χ3v) is 7.45. The molecule has 1 aliphatic rings. The van der Waals surface area contributed by atoms with Gasteiger partial charge in [0.1, 0.15) is 9.84 Å². The Morgan fingerprint density at radius 1 is 1.26 bits per heavy atom. The van der Waals surface area contributed by atoms with E-state index in [-0.39, 0.29) is 41.8 Å². The molecule has 0 amide bonds. The van der Waals surface area contributed by atoms with E-state index in [0.29, 0.717) is 12.4 Å². The Morgan fingerprint density at radius 3 is 2.68 bits per heavy atom. The maximum atomic E-state index is 11.4. The fraction of sp³-hybridized carbons (Fsp3) is 0.500. The molecule has 31 heavy (non-hydrogen) atoms. The van der Waals surface area contributed by atoms with Crippen LogP contribution in [0, 0.1) is 0 Å². The van der Waals surface area contributed by atoms with E-state index in [9.17, 15) is 8.42 Å². The lowest BCUT2D eigenvalue weighted by Crippen LogP contribution is -2.46. The minimum atomic E-state index is -2.96. The monoisotopic (exact) mass is 576 g/mol. The molecule has 9 heteroatoms. The number of halogens is 1. The second kappa shape index (κ2) is 12.2. The van der Waals surface area contributed by atoms with Gasteiger partial charge in [0.2, 0.25) is 0 Å². The van der Waals surface area contributed by atoms with Gasteiger partial charge in [0.25, 0.3) is 0 Å². The molecule has 2 aromatic rings. The summed E-state index contributed by atoms with van der Waals surface area (Å²) in [6, 6.07) is 13.1. The topological polar surface area (TPSA) is 73.8 Å². The van der Waals surface area contributed by atoms with Crippen molar-refractivity contribution in [3.63, 3.8) is 0 Å². The van der Waals surface area contributed by atoms with Gasteiger partial charge in [-0.3, -0.25) is 9.89 Å². The quantitative estimate of drug-likeness (QED) is 0.286. The lowest BCUT2D eigenvalue weighted by atomic mass is 10.0. The number of nitrogens with one attached hydrogen (secondary N) is 2. The van der Waals surface area contributed by atoms with Crippen molar-refractivity contribution < 1.29 is 8.42 Å². The minimum Gasteiger partial charge on any atom is -0.354 e. The van der Waals surface area contributed by atoms with Gasteiger partial charge in [-0.05, 0) is 42.3 Å². The molecule has 0 saturated carbocycles. The Kier molecular flexibility index (Phi) is 10.2. The van der Waals surface area contributed by atoms with Gasteiger partial charge >= 0.3 is 0 Å². The summed E-state index contributed by atoms with van der Waals surface area (Å²) in [4.78, 5) is 8.37. The molecular weight excluding hydrogens is 543 g/mol. The van der Waals surface area contributed by atoms with Crippen LogP contribution >= 0.6 is 35.3 Å². The molecule has 3 rings (SSSR count). The van der Waals surface area contributed by atoms with Gasteiger partial charge in [-0.15, -0.1) is 35.3 Å². The molecule has 0 radical (unpaired) electrons. The van der Waals surface area contributed by atoms with Crippen LogP contribution in [0.15, 0.2) is 46.8 Å². The summed E-state index contributed by atoms with van der Waals surface area (Å²) in [7, 11) is -1.22. The number of rotatable bonds is 8. The molecule has 2 unspecified atom stereocenters. The molecular formula is C22H33IN4O2S2. The maximum Gasteiger partial charge on any atom is 0.191 e. The number of nitrogens with zero attached hydrogens (tertiary/aromatic N) is 2. The highest BCUT2D eigenvalue weighted by Crippen LogP contribution is 2.30. The van der Waals surface area contributed by atoms with E-state index >= 15 is 0 Å². The van der Waals surface area contributed by atoms with Crippen LogP contribution in [0.1, 0.15) is 35.4 Å². The fourth-order valence-electron chi connectivity index (χ4n) is 3.75. The first-order chi connectivity index (χ1) is 14.4. The van der Waals surface area contributed by atoms with Gasteiger partial charge in [0.05, 0.1) is 11.8 Å². The maximum absolute atomic E-state index is 11.4. The first-order valence-electron chi connectivity index (χ1n) is 10.3. The summed E-state index contributed by atoms with van der Waals surface area (Å²) in [6.07, 6.45) is 2.91. The van der Waals surface area contributed by atoms with Crippen molar-refractivity contribution in [2.24, 2.45) is 4.99 Å². The molecule has 0 spiro atoms. The number of sulfone groups is 1. The van der Waals surface area contributed by atoms with Crippen LogP contribution in [0.25, 0.3) is 0 Å². The summed E-state index contributed by atoms with van der Waals surface area (Å²) in [5, 5.41) is 8.97. The molecule has 2 atom stereocenters. The molecule has 2 heterocycles. The molecule has 172 valence electrons. The van der Waals surface area contributed by atoms with Crippen molar-refractivity contribution in [1.82, 2.24) is 15.5 Å². The Hall–Kier alpha value is -1.17. The van der Waals surface area contributed by atoms with E-state index in [0.717, 1.165) is 26.1 Å². The molecule has 0 bridgehead atoms. The molecule has 0 fully saturated rings. The van der Waals surface area contributed by atoms with Gasteiger partial charge in [0.15, 0.2) is 5.96 Å². The lowest BCUT2D eigenvalue weighted by molar-refractivity contribution is 0.181. The second-order valence-electron chi connectivity index (χ2n) is 7.93. The van der Waals surface area contributed by atoms with E-state index in [4.69, 9.17) is 0 Å². The van der Waals surface area contributed by atoms with Crippen LogP contribution < -0.4 is 10.6 Å². The first-order valence-corrected chi connectivity index (χ1v) is 13.3. The van der Waals surface area contributed by atoms with Crippen LogP contribution in [-0.2, 0) is 22.8 Å². The second-order valence-corrected chi connectivity index (χ2v) is 11.2. The largest absolute Gasteiger partial charge is 0.354 e. The smallest absolute Gasteiger partial charge is 0.191 e. The average molecular weight is 577 g/mol. The first kappa shape index (κ1) is 26.1. The summed E-state index contributed by atoms with van der Waals surface area (Å²) in [5.41, 5.74) is 2.72. The van der Waals surface area contributed by atoms with Crippen molar-refractivity contribution in [2.75, 3.05) is 32.1 Å². The minimum absolute atomic E-state index is 0. The number of aliphatic imine (C=N–C) groups is 1. The zero-order valence-electron chi connectivity index (χ0n) is 18.4. The predicted molar refractivity (Wildman–Crippen MR) is 141 cm³/mol. The van der Waals surface area contributed by atoms with Crippen molar-refractivity contribution >= 4 is 51.1 Å². The van der Waals surface area contributed by atoms with E-state index < -0.39 is 9.84 Å². The number of hydrogen-bond donors (Lipinski definition) is 2. The fourth-order valence-corrected chi connectivity index (χ4v) is 5.43. The molecule has 2 N–H and O–H groups in total. The van der Waals surface area contributed by atoms with Gasteiger partial charge in [-0.25, -0.2) is 8.42 Å². The molecule has 0 aliphatic carbocycles. The normalized spacial score (nSPS) is 16.7. The zero-order chi connectivity index (χ0) is 21.6. The number of benzene rings is 1. The van der Waals surface area contributed by atoms with Gasteiger partial charge in [-0.1, -0.05) is 30.3 Å². The SMILES string of the molecule is CN=C(NCC(c1ccccc1)N1CCc2sccc2C1)NC(C)CCS(C)(=O)=O.I. The van der Waals surface area contributed by atoms with Crippen LogP contribution in [0.5, 0.6) is 0 Å². The summed E-state index contributed by atoms with van der Waals surface area (Å²) in [5.74, 6) is 0.867. The summed E-state index contributed by atoms with van der Waals surface area (Å²) >= 11 is 1.86. The van der Waals surface area contributed by atoms with Gasteiger partial charge < -0.3 is 10.6 Å². The molecule has 1 aromatic heterocycles. The zero-order valence-corrected chi connectivity index (χ0v) is 22.3. The van der Waals surface area contributed by atoms with Crippen molar-refractivity contribution in [1.29, 1.82) is 0 Å². The van der Waals surface area contributed by atoms with E-state index in [1.54, 1.807) is 7.05 Å². The molecule has 0 saturated heterocycles. The van der Waals surface area contributed by atoms with E-state index in [1.807, 2.05) is 24.3 Å².